The van der Waals surface area contributed by atoms with Crippen molar-refractivity contribution in [2.45, 2.75) is 84.8 Å². The minimum absolute atomic E-state index is 0. The maximum atomic E-state index is 12.6. The fraction of sp³-hybridized carbons (Fsp3) is 0.944. The van der Waals surface area contributed by atoms with Gasteiger partial charge in [-0.3, -0.25) is 4.79 Å². The van der Waals surface area contributed by atoms with Gasteiger partial charge in [-0.1, -0.05) is 47.0 Å². The molecule has 1 aliphatic rings. The maximum absolute atomic E-state index is 12.6. The van der Waals surface area contributed by atoms with E-state index in [2.05, 4.69) is 19.2 Å². The Morgan fingerprint density at radius 1 is 1.26 bits per heavy atom. The monoisotopic (exact) mass is 348 g/mol. The van der Waals surface area contributed by atoms with Gasteiger partial charge < -0.3 is 15.8 Å². The highest BCUT2D eigenvalue weighted by Crippen LogP contribution is 2.49. The molecule has 5 heteroatoms. The Morgan fingerprint density at radius 3 is 2.39 bits per heavy atom. The summed E-state index contributed by atoms with van der Waals surface area (Å²) < 4.78 is 5.70. The Kier molecular flexibility index (Phi) is 9.71. The summed E-state index contributed by atoms with van der Waals surface area (Å²) in [6.07, 6.45) is 6.66. The number of rotatable bonds is 10. The second-order valence-corrected chi connectivity index (χ2v) is 7.35. The first-order valence-electron chi connectivity index (χ1n) is 9.02. The smallest absolute Gasteiger partial charge is 0.240 e. The average Bonchev–Trinajstić information content (AvgIpc) is 2.49. The van der Waals surface area contributed by atoms with E-state index in [-0.39, 0.29) is 29.8 Å². The Morgan fingerprint density at radius 2 is 1.91 bits per heavy atom. The molecule has 0 spiro atoms. The summed E-state index contributed by atoms with van der Waals surface area (Å²) in [6, 6.07) is 0. The first-order chi connectivity index (χ1) is 10.3. The van der Waals surface area contributed by atoms with Crippen molar-refractivity contribution in [1.82, 2.24) is 5.32 Å². The quantitative estimate of drug-likeness (QED) is 0.633. The fourth-order valence-electron chi connectivity index (χ4n) is 3.46. The molecule has 1 amide bonds. The minimum atomic E-state index is -0.797. The zero-order chi connectivity index (χ0) is 16.8. The molecule has 1 aliphatic carbocycles. The van der Waals surface area contributed by atoms with Gasteiger partial charge in [0.25, 0.3) is 0 Å². The van der Waals surface area contributed by atoms with Crippen LogP contribution in [-0.4, -0.2) is 30.7 Å². The number of hydrogen-bond donors (Lipinski definition) is 2. The van der Waals surface area contributed by atoms with Crippen LogP contribution in [0.2, 0.25) is 0 Å². The van der Waals surface area contributed by atoms with E-state index in [1.807, 2.05) is 20.8 Å². The van der Waals surface area contributed by atoms with Crippen LogP contribution in [0.15, 0.2) is 0 Å². The summed E-state index contributed by atoms with van der Waals surface area (Å²) in [4.78, 5) is 12.6. The number of amides is 1. The van der Waals surface area contributed by atoms with Crippen LogP contribution in [0.25, 0.3) is 0 Å². The Hall–Kier alpha value is -0.320. The SMILES string of the molecule is CCCCC(CCC)CNC(=O)C1(N)CC(OCC)C1(C)C.Cl. The lowest BCUT2D eigenvalue weighted by Crippen LogP contribution is -2.75. The molecule has 3 atom stereocenters. The van der Waals surface area contributed by atoms with Crippen LogP contribution in [-0.2, 0) is 9.53 Å². The molecule has 23 heavy (non-hydrogen) atoms. The second kappa shape index (κ2) is 9.85. The first-order valence-corrected chi connectivity index (χ1v) is 9.02. The van der Waals surface area contributed by atoms with E-state index in [4.69, 9.17) is 10.5 Å². The van der Waals surface area contributed by atoms with Crippen LogP contribution in [0.1, 0.15) is 73.1 Å². The molecule has 0 saturated heterocycles. The molecule has 4 nitrogen and oxygen atoms in total. The topological polar surface area (TPSA) is 64.4 Å². The summed E-state index contributed by atoms with van der Waals surface area (Å²) in [7, 11) is 0. The molecule has 0 radical (unpaired) electrons. The van der Waals surface area contributed by atoms with Gasteiger partial charge in [-0.2, -0.15) is 0 Å². The molecule has 0 aromatic rings. The van der Waals surface area contributed by atoms with Gasteiger partial charge in [-0.15, -0.1) is 12.4 Å². The molecule has 1 saturated carbocycles. The van der Waals surface area contributed by atoms with Crippen molar-refractivity contribution in [2.75, 3.05) is 13.2 Å². The van der Waals surface area contributed by atoms with E-state index in [9.17, 15) is 4.79 Å². The van der Waals surface area contributed by atoms with Crippen LogP contribution in [0.3, 0.4) is 0 Å². The van der Waals surface area contributed by atoms with Gasteiger partial charge in [-0.05, 0) is 25.7 Å². The summed E-state index contributed by atoms with van der Waals surface area (Å²) >= 11 is 0. The Balaban J connectivity index is 0.00000484. The second-order valence-electron chi connectivity index (χ2n) is 7.35. The minimum Gasteiger partial charge on any atom is -0.378 e. The number of ether oxygens (including phenoxy) is 1. The van der Waals surface area contributed by atoms with Crippen molar-refractivity contribution < 1.29 is 9.53 Å². The van der Waals surface area contributed by atoms with Gasteiger partial charge in [0.2, 0.25) is 5.91 Å². The number of nitrogens with two attached hydrogens (primary N) is 1. The van der Waals surface area contributed by atoms with Crippen molar-refractivity contribution in [3.05, 3.63) is 0 Å². The van der Waals surface area contributed by atoms with Crippen molar-refractivity contribution in [3.8, 4) is 0 Å². The number of unbranched alkanes of at least 4 members (excludes halogenated alkanes) is 1. The van der Waals surface area contributed by atoms with Gasteiger partial charge in [0.15, 0.2) is 0 Å². The third-order valence-corrected chi connectivity index (χ3v) is 5.45. The molecular weight excluding hydrogens is 312 g/mol. The summed E-state index contributed by atoms with van der Waals surface area (Å²) in [5.41, 5.74) is 5.31. The fourth-order valence-corrected chi connectivity index (χ4v) is 3.46. The zero-order valence-corrected chi connectivity index (χ0v) is 16.4. The lowest BCUT2D eigenvalue weighted by Gasteiger charge is -2.57. The van der Waals surface area contributed by atoms with Crippen LogP contribution in [0.4, 0.5) is 0 Å². The largest absolute Gasteiger partial charge is 0.378 e. The Labute approximate surface area is 148 Å². The number of nitrogens with one attached hydrogen (secondary N) is 1. The van der Waals surface area contributed by atoms with Gasteiger partial charge in [0.1, 0.15) is 5.54 Å². The highest BCUT2D eigenvalue weighted by molar-refractivity contribution is 5.88. The number of carbonyl (C=O) groups is 1. The Bertz CT molecular complexity index is 363. The summed E-state index contributed by atoms with van der Waals surface area (Å²) in [6.45, 7) is 11.9. The van der Waals surface area contributed by atoms with Gasteiger partial charge in [0, 0.05) is 25.0 Å². The third-order valence-electron chi connectivity index (χ3n) is 5.45. The molecule has 0 heterocycles. The molecule has 0 aromatic carbocycles. The molecule has 1 fully saturated rings. The van der Waals surface area contributed by atoms with E-state index in [1.54, 1.807) is 0 Å². The number of halogens is 1. The molecule has 0 aromatic heterocycles. The van der Waals surface area contributed by atoms with Crippen molar-refractivity contribution in [3.63, 3.8) is 0 Å². The molecule has 1 rings (SSSR count). The van der Waals surface area contributed by atoms with Crippen LogP contribution < -0.4 is 11.1 Å². The molecule has 0 aliphatic heterocycles. The van der Waals surface area contributed by atoms with Crippen LogP contribution in [0.5, 0.6) is 0 Å². The van der Waals surface area contributed by atoms with Crippen molar-refractivity contribution in [1.29, 1.82) is 0 Å². The molecule has 138 valence electrons. The predicted octanol–water partition coefficient (Wildman–Crippen LogP) is 3.66. The standard InChI is InChI=1S/C18H36N2O2.ClH/c1-6-9-11-14(10-7-2)13-20-16(21)18(19)12-15(22-8-3)17(18,4)5;/h14-15H,6-13,19H2,1-5H3,(H,20,21);1H. The average molecular weight is 349 g/mol. The molecular formula is C18H37ClN2O2. The summed E-state index contributed by atoms with van der Waals surface area (Å²) in [5.74, 6) is 0.564. The van der Waals surface area contributed by atoms with Gasteiger partial charge in [0.05, 0.1) is 6.10 Å². The van der Waals surface area contributed by atoms with Crippen molar-refractivity contribution >= 4 is 18.3 Å². The lowest BCUT2D eigenvalue weighted by molar-refractivity contribution is -0.170. The zero-order valence-electron chi connectivity index (χ0n) is 15.6. The van der Waals surface area contributed by atoms with E-state index >= 15 is 0 Å². The van der Waals surface area contributed by atoms with Crippen LogP contribution in [0, 0.1) is 11.3 Å². The van der Waals surface area contributed by atoms with E-state index < -0.39 is 5.54 Å². The van der Waals surface area contributed by atoms with Gasteiger partial charge >= 0.3 is 0 Å². The third kappa shape index (κ3) is 5.07. The van der Waals surface area contributed by atoms with E-state index in [0.29, 0.717) is 18.9 Å². The lowest BCUT2D eigenvalue weighted by atomic mass is 9.54. The maximum Gasteiger partial charge on any atom is 0.240 e. The van der Waals surface area contributed by atoms with Crippen molar-refractivity contribution in [2.24, 2.45) is 17.1 Å². The highest BCUT2D eigenvalue weighted by atomic mass is 35.5. The molecule has 0 bridgehead atoms. The van der Waals surface area contributed by atoms with E-state index in [0.717, 1.165) is 13.0 Å². The molecule has 3 N–H and O–H groups in total. The normalized spacial score (nSPS) is 26.8. The summed E-state index contributed by atoms with van der Waals surface area (Å²) in [5, 5.41) is 3.12. The number of carbonyl (C=O) groups excluding carboxylic acids is 1. The highest BCUT2D eigenvalue weighted by Gasteiger charge is 2.62. The molecule has 3 unspecified atom stereocenters. The van der Waals surface area contributed by atoms with E-state index in [1.165, 1.54) is 25.7 Å². The van der Waals surface area contributed by atoms with Gasteiger partial charge in [-0.25, -0.2) is 0 Å². The number of hydrogen-bond acceptors (Lipinski definition) is 3. The first kappa shape index (κ1) is 22.7. The van der Waals surface area contributed by atoms with Crippen LogP contribution >= 0.6 is 12.4 Å². The predicted molar refractivity (Wildman–Crippen MR) is 98.9 cm³/mol.